The van der Waals surface area contributed by atoms with Crippen LogP contribution in [-0.4, -0.2) is 35.7 Å². The summed E-state index contributed by atoms with van der Waals surface area (Å²) in [6.07, 6.45) is -5.74. The van der Waals surface area contributed by atoms with Gasteiger partial charge in [0.2, 0.25) is 5.91 Å². The molecule has 0 aliphatic rings. The fraction of sp³-hybridized carbons (Fsp3) is 0.750. The molecule has 0 bridgehead atoms. The molecule has 0 aromatic rings. The Bertz CT molecular complexity index is 255. The lowest BCUT2D eigenvalue weighted by molar-refractivity contribution is -0.153. The standard InChI is InChI=1S/C8H13F3N2O3/c9-8(10,11)4-6(14)13-3-1-2-5(12)7(15)16/h5H,1-4,12H2,(H,13,14)(H,15,16). The van der Waals surface area contributed by atoms with E-state index >= 15 is 0 Å². The largest absolute Gasteiger partial charge is 0.480 e. The Morgan fingerprint density at radius 1 is 1.38 bits per heavy atom. The van der Waals surface area contributed by atoms with Crippen molar-refractivity contribution in [1.82, 2.24) is 5.32 Å². The van der Waals surface area contributed by atoms with Gasteiger partial charge in [0.15, 0.2) is 0 Å². The molecule has 0 spiro atoms. The smallest absolute Gasteiger partial charge is 0.397 e. The van der Waals surface area contributed by atoms with Crippen LogP contribution in [0.4, 0.5) is 13.2 Å². The molecular formula is C8H13F3N2O3. The molecule has 0 saturated carbocycles. The zero-order valence-electron chi connectivity index (χ0n) is 8.38. The number of carbonyl (C=O) groups is 2. The van der Waals surface area contributed by atoms with Crippen molar-refractivity contribution in [2.75, 3.05) is 6.54 Å². The summed E-state index contributed by atoms with van der Waals surface area (Å²) in [6, 6.07) is -1.06. The van der Waals surface area contributed by atoms with Crippen LogP contribution in [0, 0.1) is 0 Å². The molecule has 0 rings (SSSR count). The molecule has 16 heavy (non-hydrogen) atoms. The van der Waals surface area contributed by atoms with Crippen molar-refractivity contribution in [3.8, 4) is 0 Å². The van der Waals surface area contributed by atoms with Gasteiger partial charge in [-0.3, -0.25) is 9.59 Å². The summed E-state index contributed by atoms with van der Waals surface area (Å²) in [4.78, 5) is 20.9. The number of rotatable bonds is 6. The van der Waals surface area contributed by atoms with Crippen LogP contribution >= 0.6 is 0 Å². The van der Waals surface area contributed by atoms with E-state index in [0.29, 0.717) is 0 Å². The minimum atomic E-state index is -4.53. The molecule has 0 fully saturated rings. The van der Waals surface area contributed by atoms with Crippen molar-refractivity contribution in [2.24, 2.45) is 5.73 Å². The van der Waals surface area contributed by atoms with Gasteiger partial charge in [-0.1, -0.05) is 0 Å². The number of carbonyl (C=O) groups excluding carboxylic acids is 1. The highest BCUT2D eigenvalue weighted by Crippen LogP contribution is 2.18. The third-order valence-corrected chi connectivity index (χ3v) is 1.69. The fourth-order valence-electron chi connectivity index (χ4n) is 0.918. The highest BCUT2D eigenvalue weighted by Gasteiger charge is 2.30. The first kappa shape index (κ1) is 14.7. The van der Waals surface area contributed by atoms with E-state index in [4.69, 9.17) is 10.8 Å². The van der Waals surface area contributed by atoms with Crippen molar-refractivity contribution in [1.29, 1.82) is 0 Å². The van der Waals surface area contributed by atoms with E-state index in [9.17, 15) is 22.8 Å². The Balaban J connectivity index is 3.60. The van der Waals surface area contributed by atoms with Crippen LogP contribution < -0.4 is 11.1 Å². The first-order chi connectivity index (χ1) is 7.22. The maximum Gasteiger partial charge on any atom is 0.397 e. The van der Waals surface area contributed by atoms with Crippen LogP contribution in [0.3, 0.4) is 0 Å². The van der Waals surface area contributed by atoms with Crippen LogP contribution in [0.5, 0.6) is 0 Å². The maximum atomic E-state index is 11.7. The van der Waals surface area contributed by atoms with Crippen LogP contribution in [0.15, 0.2) is 0 Å². The van der Waals surface area contributed by atoms with Gasteiger partial charge in [0.25, 0.3) is 0 Å². The first-order valence-corrected chi connectivity index (χ1v) is 4.54. The average molecular weight is 242 g/mol. The molecule has 1 atom stereocenters. The van der Waals surface area contributed by atoms with Gasteiger partial charge in [-0.05, 0) is 12.8 Å². The summed E-state index contributed by atoms with van der Waals surface area (Å²) in [6.45, 7) is -0.0180. The molecule has 0 aliphatic carbocycles. The van der Waals surface area contributed by atoms with Crippen molar-refractivity contribution in [3.05, 3.63) is 0 Å². The number of nitrogens with one attached hydrogen (secondary N) is 1. The van der Waals surface area contributed by atoms with E-state index in [1.807, 2.05) is 5.32 Å². The third-order valence-electron chi connectivity index (χ3n) is 1.69. The van der Waals surface area contributed by atoms with Gasteiger partial charge in [-0.2, -0.15) is 13.2 Å². The Hall–Kier alpha value is -1.31. The number of hydrogen-bond donors (Lipinski definition) is 3. The summed E-state index contributed by atoms with van der Waals surface area (Å²) in [7, 11) is 0. The monoisotopic (exact) mass is 242 g/mol. The number of hydrogen-bond acceptors (Lipinski definition) is 3. The molecule has 5 nitrogen and oxygen atoms in total. The molecule has 8 heteroatoms. The Morgan fingerprint density at radius 2 is 1.94 bits per heavy atom. The summed E-state index contributed by atoms with van der Waals surface area (Å²) < 4.78 is 35.1. The molecule has 4 N–H and O–H groups in total. The fourth-order valence-corrected chi connectivity index (χ4v) is 0.918. The van der Waals surface area contributed by atoms with Gasteiger partial charge in [-0.15, -0.1) is 0 Å². The van der Waals surface area contributed by atoms with Crippen molar-refractivity contribution < 1.29 is 27.9 Å². The molecule has 0 heterocycles. The molecule has 1 unspecified atom stereocenters. The number of nitrogens with two attached hydrogens (primary N) is 1. The number of aliphatic carboxylic acids is 1. The Kier molecular flexibility index (Phi) is 5.79. The molecular weight excluding hydrogens is 229 g/mol. The van der Waals surface area contributed by atoms with E-state index in [-0.39, 0.29) is 19.4 Å². The summed E-state index contributed by atoms with van der Waals surface area (Å²) in [5.41, 5.74) is 5.14. The highest BCUT2D eigenvalue weighted by atomic mass is 19.4. The van der Waals surface area contributed by atoms with E-state index in [1.54, 1.807) is 0 Å². The van der Waals surface area contributed by atoms with Gasteiger partial charge >= 0.3 is 12.1 Å². The van der Waals surface area contributed by atoms with Crippen LogP contribution in [0.1, 0.15) is 19.3 Å². The predicted octanol–water partition coefficient (Wildman–Crippen LogP) is 0.247. The Morgan fingerprint density at radius 3 is 2.38 bits per heavy atom. The molecule has 0 aromatic carbocycles. The topological polar surface area (TPSA) is 92.4 Å². The molecule has 94 valence electrons. The van der Waals surface area contributed by atoms with E-state index in [0.717, 1.165) is 0 Å². The van der Waals surface area contributed by atoms with E-state index in [2.05, 4.69) is 0 Å². The van der Waals surface area contributed by atoms with Crippen molar-refractivity contribution >= 4 is 11.9 Å². The number of carboxylic acids is 1. The maximum absolute atomic E-state index is 11.7. The lowest BCUT2D eigenvalue weighted by Gasteiger charge is -2.08. The minimum absolute atomic E-state index is 0.0180. The number of alkyl halides is 3. The van der Waals surface area contributed by atoms with Crippen molar-refractivity contribution in [3.63, 3.8) is 0 Å². The second kappa shape index (κ2) is 6.31. The van der Waals surface area contributed by atoms with E-state index < -0.39 is 30.5 Å². The summed E-state index contributed by atoms with van der Waals surface area (Å²) >= 11 is 0. The molecule has 1 amide bonds. The van der Waals surface area contributed by atoms with Gasteiger partial charge < -0.3 is 16.2 Å². The average Bonchev–Trinajstić information content (AvgIpc) is 2.08. The second-order valence-corrected chi connectivity index (χ2v) is 3.23. The zero-order valence-corrected chi connectivity index (χ0v) is 8.38. The first-order valence-electron chi connectivity index (χ1n) is 4.54. The summed E-state index contributed by atoms with van der Waals surface area (Å²) in [5, 5.41) is 10.4. The van der Waals surface area contributed by atoms with Crippen LogP contribution in [-0.2, 0) is 9.59 Å². The predicted molar refractivity (Wildman–Crippen MR) is 48.5 cm³/mol. The molecule has 0 radical (unpaired) electrons. The molecule has 0 aromatic heterocycles. The zero-order chi connectivity index (χ0) is 12.8. The third kappa shape index (κ3) is 8.04. The number of amides is 1. The lowest BCUT2D eigenvalue weighted by Crippen LogP contribution is -2.33. The van der Waals surface area contributed by atoms with Gasteiger partial charge in [0, 0.05) is 6.54 Å². The van der Waals surface area contributed by atoms with Crippen molar-refractivity contribution in [2.45, 2.75) is 31.5 Å². The van der Waals surface area contributed by atoms with Gasteiger partial charge in [-0.25, -0.2) is 0 Å². The van der Waals surface area contributed by atoms with Gasteiger partial charge in [0.1, 0.15) is 12.5 Å². The molecule has 0 aliphatic heterocycles. The molecule has 0 saturated heterocycles. The van der Waals surface area contributed by atoms with Crippen LogP contribution in [0.2, 0.25) is 0 Å². The van der Waals surface area contributed by atoms with Gasteiger partial charge in [0.05, 0.1) is 0 Å². The minimum Gasteiger partial charge on any atom is -0.480 e. The Labute approximate surface area is 89.8 Å². The number of halogens is 3. The second-order valence-electron chi connectivity index (χ2n) is 3.23. The lowest BCUT2D eigenvalue weighted by atomic mass is 10.2. The van der Waals surface area contributed by atoms with Crippen LogP contribution in [0.25, 0.3) is 0 Å². The summed E-state index contributed by atoms with van der Waals surface area (Å²) in [5.74, 6) is -2.31. The van der Waals surface area contributed by atoms with E-state index in [1.165, 1.54) is 0 Å². The SMILES string of the molecule is NC(CCCNC(=O)CC(F)(F)F)C(=O)O. The number of carboxylic acid groups (broad SMARTS) is 1. The normalized spacial score (nSPS) is 13.2. The quantitative estimate of drug-likeness (QED) is 0.582. The highest BCUT2D eigenvalue weighted by molar-refractivity contribution is 5.76.